The summed E-state index contributed by atoms with van der Waals surface area (Å²) in [4.78, 5) is 12.6. The van der Waals surface area contributed by atoms with Gasteiger partial charge in [-0.15, -0.1) is 10.2 Å². The maximum absolute atomic E-state index is 12.6. The zero-order valence-electron chi connectivity index (χ0n) is 12.5. The Labute approximate surface area is 129 Å². The van der Waals surface area contributed by atoms with Gasteiger partial charge in [-0.2, -0.15) is 0 Å². The van der Waals surface area contributed by atoms with Gasteiger partial charge < -0.3 is 11.1 Å². The quantitative estimate of drug-likeness (QED) is 0.877. The minimum atomic E-state index is -0.00651. The molecule has 0 spiro atoms. The molecule has 0 aromatic carbocycles. The number of aromatic nitrogens is 3. The van der Waals surface area contributed by atoms with Gasteiger partial charge in [0.25, 0.3) is 5.91 Å². The van der Waals surface area contributed by atoms with Crippen molar-refractivity contribution < 1.29 is 4.79 Å². The lowest BCUT2D eigenvalue weighted by Gasteiger charge is -2.45. The summed E-state index contributed by atoms with van der Waals surface area (Å²) in [5.74, 6) is 1.06. The van der Waals surface area contributed by atoms with Crippen molar-refractivity contribution in [1.82, 2.24) is 19.9 Å². The molecular weight excluding hydrogens is 278 g/mol. The first-order valence-corrected chi connectivity index (χ1v) is 8.06. The predicted molar refractivity (Wildman–Crippen MR) is 82.3 cm³/mol. The number of pyridine rings is 1. The second-order valence-corrected chi connectivity index (χ2v) is 6.70. The maximum Gasteiger partial charge on any atom is 0.253 e. The van der Waals surface area contributed by atoms with E-state index in [0.717, 1.165) is 18.5 Å². The van der Waals surface area contributed by atoms with Gasteiger partial charge in [0.1, 0.15) is 6.33 Å². The number of hydrogen-bond acceptors (Lipinski definition) is 4. The molecule has 2 heterocycles. The van der Waals surface area contributed by atoms with Crippen LogP contribution >= 0.6 is 0 Å². The smallest absolute Gasteiger partial charge is 0.253 e. The summed E-state index contributed by atoms with van der Waals surface area (Å²) in [7, 11) is 0. The zero-order chi connectivity index (χ0) is 15.1. The highest BCUT2D eigenvalue weighted by Gasteiger charge is 2.39. The number of fused-ring (bicyclic) bond motifs is 3. The molecule has 2 aliphatic rings. The van der Waals surface area contributed by atoms with Crippen LogP contribution in [0.3, 0.4) is 0 Å². The van der Waals surface area contributed by atoms with Crippen molar-refractivity contribution in [3.05, 3.63) is 30.2 Å². The van der Waals surface area contributed by atoms with Crippen molar-refractivity contribution in [3.8, 4) is 0 Å². The number of hydrogen-bond donors (Lipinski definition) is 2. The highest BCUT2D eigenvalue weighted by Crippen LogP contribution is 2.39. The van der Waals surface area contributed by atoms with Crippen molar-refractivity contribution >= 4 is 11.6 Å². The van der Waals surface area contributed by atoms with Crippen LogP contribution in [0, 0.1) is 11.8 Å². The number of nitrogens with one attached hydrogen (secondary N) is 1. The van der Waals surface area contributed by atoms with Crippen molar-refractivity contribution in [1.29, 1.82) is 0 Å². The van der Waals surface area contributed by atoms with Crippen LogP contribution in [0.1, 0.15) is 42.5 Å². The van der Waals surface area contributed by atoms with E-state index in [1.807, 2.05) is 12.1 Å². The van der Waals surface area contributed by atoms with Gasteiger partial charge in [0.05, 0.1) is 5.56 Å². The SMILES string of the molecule is NC1CC2CCCC(C1)C2NC(=O)c1ccc2nncn2c1. The Kier molecular flexibility index (Phi) is 3.33. The molecule has 2 aromatic heterocycles. The van der Waals surface area contributed by atoms with Gasteiger partial charge in [-0.3, -0.25) is 9.20 Å². The molecule has 2 bridgehead atoms. The largest absolute Gasteiger partial charge is 0.349 e. The second kappa shape index (κ2) is 5.35. The normalized spacial score (nSPS) is 31.1. The molecule has 0 radical (unpaired) electrons. The van der Waals surface area contributed by atoms with Crippen LogP contribution in [0.15, 0.2) is 24.7 Å². The molecule has 6 heteroatoms. The fraction of sp³-hybridized carbons (Fsp3) is 0.562. The van der Waals surface area contributed by atoms with E-state index in [-0.39, 0.29) is 11.9 Å². The molecular formula is C16H21N5O. The molecule has 1 amide bonds. The topological polar surface area (TPSA) is 85.3 Å². The number of nitrogens with zero attached hydrogens (tertiary/aromatic N) is 3. The molecule has 2 aromatic rings. The number of carbonyl (C=O) groups is 1. The van der Waals surface area contributed by atoms with E-state index in [2.05, 4.69) is 15.5 Å². The lowest BCUT2D eigenvalue weighted by atomic mass is 9.67. The van der Waals surface area contributed by atoms with Gasteiger partial charge in [-0.05, 0) is 49.7 Å². The molecule has 2 fully saturated rings. The summed E-state index contributed by atoms with van der Waals surface area (Å²) in [6, 6.07) is 4.21. The van der Waals surface area contributed by atoms with Crippen molar-refractivity contribution in [2.45, 2.75) is 44.2 Å². The molecule has 2 unspecified atom stereocenters. The molecule has 2 saturated carbocycles. The van der Waals surface area contributed by atoms with Crippen molar-refractivity contribution in [2.75, 3.05) is 0 Å². The van der Waals surface area contributed by atoms with Crippen molar-refractivity contribution in [3.63, 3.8) is 0 Å². The molecule has 2 atom stereocenters. The lowest BCUT2D eigenvalue weighted by molar-refractivity contribution is 0.0755. The van der Waals surface area contributed by atoms with E-state index in [0.29, 0.717) is 23.4 Å². The number of nitrogens with two attached hydrogens (primary N) is 1. The van der Waals surface area contributed by atoms with Gasteiger partial charge in [-0.1, -0.05) is 6.42 Å². The molecule has 0 saturated heterocycles. The summed E-state index contributed by atoms with van der Waals surface area (Å²) in [5, 5.41) is 11.1. The van der Waals surface area contributed by atoms with E-state index in [9.17, 15) is 4.79 Å². The Morgan fingerprint density at radius 2 is 2.05 bits per heavy atom. The van der Waals surface area contributed by atoms with E-state index in [4.69, 9.17) is 5.73 Å². The first-order chi connectivity index (χ1) is 10.7. The molecule has 6 nitrogen and oxygen atoms in total. The van der Waals surface area contributed by atoms with Gasteiger partial charge in [0.15, 0.2) is 5.65 Å². The summed E-state index contributed by atoms with van der Waals surface area (Å²) in [6.07, 6.45) is 9.09. The summed E-state index contributed by atoms with van der Waals surface area (Å²) in [5.41, 5.74) is 7.55. The van der Waals surface area contributed by atoms with E-state index >= 15 is 0 Å². The van der Waals surface area contributed by atoms with Crippen LogP contribution < -0.4 is 11.1 Å². The second-order valence-electron chi connectivity index (χ2n) is 6.70. The van der Waals surface area contributed by atoms with E-state index in [1.165, 1.54) is 19.3 Å². The van der Waals surface area contributed by atoms with Crippen molar-refractivity contribution in [2.24, 2.45) is 17.6 Å². The highest BCUT2D eigenvalue weighted by molar-refractivity contribution is 5.94. The molecule has 0 aliphatic heterocycles. The minimum Gasteiger partial charge on any atom is -0.349 e. The van der Waals surface area contributed by atoms with Gasteiger partial charge >= 0.3 is 0 Å². The Bertz CT molecular complexity index is 683. The Balaban J connectivity index is 1.53. The lowest BCUT2D eigenvalue weighted by Crippen LogP contribution is -2.53. The average molecular weight is 299 g/mol. The summed E-state index contributed by atoms with van der Waals surface area (Å²) >= 11 is 0. The molecule has 2 aliphatic carbocycles. The Hall–Kier alpha value is -1.95. The third-order valence-electron chi connectivity index (χ3n) is 5.23. The Morgan fingerprint density at radius 3 is 2.82 bits per heavy atom. The monoisotopic (exact) mass is 299 g/mol. The average Bonchev–Trinajstić information content (AvgIpc) is 2.95. The number of rotatable bonds is 2. The molecule has 116 valence electrons. The third kappa shape index (κ3) is 2.37. The molecule has 4 rings (SSSR count). The van der Waals surface area contributed by atoms with Gasteiger partial charge in [-0.25, -0.2) is 0 Å². The first kappa shape index (κ1) is 13.7. The van der Waals surface area contributed by atoms with Crippen LogP contribution in [0.5, 0.6) is 0 Å². The molecule has 22 heavy (non-hydrogen) atoms. The van der Waals surface area contributed by atoms with E-state index in [1.54, 1.807) is 16.9 Å². The minimum absolute atomic E-state index is 0.00651. The zero-order valence-corrected chi connectivity index (χ0v) is 12.5. The molecule has 3 N–H and O–H groups in total. The number of amides is 1. The fourth-order valence-electron chi connectivity index (χ4n) is 4.22. The Morgan fingerprint density at radius 1 is 1.27 bits per heavy atom. The van der Waals surface area contributed by atoms with Crippen LogP contribution in [-0.2, 0) is 0 Å². The standard InChI is InChI=1S/C16H21N5O/c17-13-6-10-2-1-3-11(7-13)15(10)19-16(22)12-4-5-14-20-18-9-21(14)8-12/h4-5,8-11,13,15H,1-3,6-7,17H2,(H,19,22). The number of carbonyl (C=O) groups excluding carboxylic acids is 1. The van der Waals surface area contributed by atoms with Gasteiger partial charge in [0.2, 0.25) is 0 Å². The first-order valence-electron chi connectivity index (χ1n) is 8.06. The van der Waals surface area contributed by atoms with Crippen LogP contribution in [-0.4, -0.2) is 32.6 Å². The third-order valence-corrected chi connectivity index (χ3v) is 5.23. The highest BCUT2D eigenvalue weighted by atomic mass is 16.1. The summed E-state index contributed by atoms with van der Waals surface area (Å²) in [6.45, 7) is 0. The van der Waals surface area contributed by atoms with Crippen LogP contribution in [0.2, 0.25) is 0 Å². The van der Waals surface area contributed by atoms with E-state index < -0.39 is 0 Å². The predicted octanol–water partition coefficient (Wildman–Crippen LogP) is 1.37. The van der Waals surface area contributed by atoms with Gasteiger partial charge in [0, 0.05) is 18.3 Å². The van der Waals surface area contributed by atoms with Crippen LogP contribution in [0.25, 0.3) is 5.65 Å². The summed E-state index contributed by atoms with van der Waals surface area (Å²) < 4.78 is 1.77. The fourth-order valence-corrected chi connectivity index (χ4v) is 4.22. The van der Waals surface area contributed by atoms with Crippen LogP contribution in [0.4, 0.5) is 0 Å². The maximum atomic E-state index is 12.6.